The number of aromatic nitrogens is 1. The molecule has 0 bridgehead atoms. The first kappa shape index (κ1) is 17.3. The van der Waals surface area contributed by atoms with Crippen molar-refractivity contribution in [1.29, 1.82) is 0 Å². The zero-order valence-corrected chi connectivity index (χ0v) is 15.2. The fourth-order valence-electron chi connectivity index (χ4n) is 3.70. The van der Waals surface area contributed by atoms with Crippen LogP contribution < -0.4 is 5.73 Å². The van der Waals surface area contributed by atoms with Crippen molar-refractivity contribution >= 4 is 27.7 Å². The van der Waals surface area contributed by atoms with Gasteiger partial charge in [0.25, 0.3) is 0 Å². The Morgan fingerprint density at radius 3 is 2.59 bits per heavy atom. The number of carbonyl (C=O) groups is 1. The van der Waals surface area contributed by atoms with E-state index in [4.69, 9.17) is 5.73 Å². The normalized spacial score (nSPS) is 11.3. The van der Waals surface area contributed by atoms with Gasteiger partial charge in [-0.25, -0.2) is 0 Å². The van der Waals surface area contributed by atoms with Gasteiger partial charge in [0.15, 0.2) is 0 Å². The minimum absolute atomic E-state index is 0.0536. The number of rotatable bonds is 5. The molecule has 1 aromatic heterocycles. The molecule has 135 valence electrons. The van der Waals surface area contributed by atoms with Crippen molar-refractivity contribution in [3.05, 3.63) is 82.9 Å². The maximum Gasteiger partial charge on any atom is 0.249 e. The maximum absolute atomic E-state index is 12.0. The van der Waals surface area contributed by atoms with Gasteiger partial charge in [-0.2, -0.15) is 0 Å². The topological polar surface area (TPSA) is 68.2 Å². The lowest BCUT2D eigenvalue weighted by Gasteiger charge is -2.10. The van der Waals surface area contributed by atoms with E-state index in [2.05, 4.69) is 41.8 Å². The number of hydrogen-bond donors (Lipinski definition) is 2. The molecule has 4 heteroatoms. The molecule has 4 rings (SSSR count). The van der Waals surface area contributed by atoms with E-state index in [1.807, 2.05) is 18.2 Å². The lowest BCUT2D eigenvalue weighted by molar-refractivity contribution is 0.100. The quantitative estimate of drug-likeness (QED) is 0.570. The van der Waals surface area contributed by atoms with Crippen molar-refractivity contribution < 1.29 is 9.90 Å². The number of carbonyl (C=O) groups excluding carboxylic acids is 1. The molecule has 0 aliphatic rings. The van der Waals surface area contributed by atoms with Crippen molar-refractivity contribution in [2.75, 3.05) is 0 Å². The Kier molecular flexibility index (Phi) is 4.42. The number of aliphatic hydroxyl groups excluding tert-OH is 1. The molecule has 0 saturated carbocycles. The highest BCUT2D eigenvalue weighted by molar-refractivity contribution is 6.17. The smallest absolute Gasteiger partial charge is 0.249 e. The van der Waals surface area contributed by atoms with Crippen LogP contribution in [-0.4, -0.2) is 15.6 Å². The Bertz CT molecular complexity index is 1160. The standard InChI is InChI=1S/C23H21N2O2/c1-2-15-5-3-6-16(11-15)13-25-20-8-4-7-19(23(24)27)22(20)18-10-9-17(14-26)12-21(18)25/h3-9,11-12,26H,2,13-14H2,1H3,(H2,24,27). The fourth-order valence-corrected chi connectivity index (χ4v) is 3.70. The van der Waals surface area contributed by atoms with Crippen LogP contribution in [0.25, 0.3) is 21.8 Å². The molecule has 4 nitrogen and oxygen atoms in total. The predicted molar refractivity (Wildman–Crippen MR) is 108 cm³/mol. The third-order valence-electron chi connectivity index (χ3n) is 5.04. The van der Waals surface area contributed by atoms with E-state index in [-0.39, 0.29) is 6.61 Å². The highest BCUT2D eigenvalue weighted by atomic mass is 16.3. The van der Waals surface area contributed by atoms with E-state index in [1.165, 1.54) is 11.1 Å². The van der Waals surface area contributed by atoms with E-state index in [1.54, 1.807) is 12.1 Å². The Hall–Kier alpha value is -3.11. The van der Waals surface area contributed by atoms with E-state index in [9.17, 15) is 9.90 Å². The molecule has 1 amide bonds. The number of nitrogens with zero attached hydrogens (tertiary/aromatic N) is 1. The van der Waals surface area contributed by atoms with E-state index < -0.39 is 5.91 Å². The molecule has 4 aromatic rings. The van der Waals surface area contributed by atoms with Gasteiger partial charge in [-0.05, 0) is 53.4 Å². The van der Waals surface area contributed by atoms with Crippen LogP contribution in [0.15, 0.2) is 54.6 Å². The Morgan fingerprint density at radius 2 is 1.85 bits per heavy atom. The molecular formula is C23H21N2O2. The highest BCUT2D eigenvalue weighted by Crippen LogP contribution is 2.32. The molecule has 1 radical (unpaired) electrons. The molecule has 0 saturated heterocycles. The average molecular weight is 357 g/mol. The number of benzene rings is 3. The molecule has 0 spiro atoms. The summed E-state index contributed by atoms with van der Waals surface area (Å²) < 4.78 is 2.17. The predicted octanol–water partition coefficient (Wildman–Crippen LogP) is 3.80. The van der Waals surface area contributed by atoms with Gasteiger partial charge < -0.3 is 15.4 Å². The number of hydrogen-bond acceptors (Lipinski definition) is 2. The van der Waals surface area contributed by atoms with Gasteiger partial charge in [0, 0.05) is 22.9 Å². The number of primary amides is 1. The highest BCUT2D eigenvalue weighted by Gasteiger charge is 2.17. The maximum atomic E-state index is 12.0. The summed E-state index contributed by atoms with van der Waals surface area (Å²) in [6.07, 6.45) is 0.981. The van der Waals surface area contributed by atoms with Crippen LogP contribution in [0.3, 0.4) is 0 Å². The molecular weight excluding hydrogens is 336 g/mol. The minimum Gasteiger partial charge on any atom is -0.392 e. The molecule has 0 aliphatic carbocycles. The Labute approximate surface area is 157 Å². The van der Waals surface area contributed by atoms with Crippen molar-refractivity contribution in [3.63, 3.8) is 0 Å². The van der Waals surface area contributed by atoms with Crippen LogP contribution in [0.4, 0.5) is 0 Å². The summed E-state index contributed by atoms with van der Waals surface area (Å²) >= 11 is 0. The number of nitrogens with two attached hydrogens (primary N) is 1. The summed E-state index contributed by atoms with van der Waals surface area (Å²) in [6, 6.07) is 21.1. The summed E-state index contributed by atoms with van der Waals surface area (Å²) in [4.78, 5) is 12.0. The first-order valence-electron chi connectivity index (χ1n) is 9.06. The SMILES string of the molecule is CCc1cccc(Cn2c3cc(CO)c[c]c3c3c(C(N)=O)cccc32)c1. The second-order valence-electron chi connectivity index (χ2n) is 6.75. The van der Waals surface area contributed by atoms with Gasteiger partial charge >= 0.3 is 0 Å². The lowest BCUT2D eigenvalue weighted by atomic mass is 10.0. The number of fused-ring (bicyclic) bond motifs is 3. The fraction of sp³-hybridized carbons (Fsp3) is 0.174. The van der Waals surface area contributed by atoms with Crippen LogP contribution in [0, 0.1) is 6.07 Å². The van der Waals surface area contributed by atoms with Crippen molar-refractivity contribution in [2.24, 2.45) is 5.73 Å². The van der Waals surface area contributed by atoms with Crippen LogP contribution in [0.5, 0.6) is 0 Å². The van der Waals surface area contributed by atoms with E-state index >= 15 is 0 Å². The van der Waals surface area contributed by atoms with E-state index in [0.29, 0.717) is 12.1 Å². The molecule has 0 fully saturated rings. The minimum atomic E-state index is -0.452. The third kappa shape index (κ3) is 2.98. The number of aliphatic hydroxyl groups is 1. The monoisotopic (exact) mass is 357 g/mol. The first-order valence-corrected chi connectivity index (χ1v) is 9.06. The second kappa shape index (κ2) is 6.89. The van der Waals surface area contributed by atoms with Crippen molar-refractivity contribution in [1.82, 2.24) is 4.57 Å². The summed E-state index contributed by atoms with van der Waals surface area (Å²) in [7, 11) is 0. The molecule has 27 heavy (non-hydrogen) atoms. The number of aryl methyl sites for hydroxylation is 1. The molecule has 1 heterocycles. The van der Waals surface area contributed by atoms with Gasteiger partial charge in [0.05, 0.1) is 17.6 Å². The molecule has 0 atom stereocenters. The zero-order chi connectivity index (χ0) is 19.0. The van der Waals surface area contributed by atoms with Gasteiger partial charge in [0.1, 0.15) is 0 Å². The summed E-state index contributed by atoms with van der Waals surface area (Å²) in [5, 5.41) is 11.2. The molecule has 0 unspecified atom stereocenters. The number of amides is 1. The third-order valence-corrected chi connectivity index (χ3v) is 5.04. The summed E-state index contributed by atoms with van der Waals surface area (Å²) in [5.74, 6) is -0.452. The Morgan fingerprint density at radius 1 is 1.07 bits per heavy atom. The van der Waals surface area contributed by atoms with Gasteiger partial charge in [-0.1, -0.05) is 37.3 Å². The Balaban J connectivity index is 2.01. The van der Waals surface area contributed by atoms with Crippen LogP contribution in [-0.2, 0) is 19.6 Å². The summed E-state index contributed by atoms with van der Waals surface area (Å²) in [6.45, 7) is 2.75. The average Bonchev–Trinajstić information content (AvgIpc) is 3.01. The zero-order valence-electron chi connectivity index (χ0n) is 15.2. The summed E-state index contributed by atoms with van der Waals surface area (Å²) in [5.41, 5.74) is 11.3. The lowest BCUT2D eigenvalue weighted by Crippen LogP contribution is -2.11. The molecule has 0 aliphatic heterocycles. The van der Waals surface area contributed by atoms with Gasteiger partial charge in [-0.3, -0.25) is 4.79 Å². The van der Waals surface area contributed by atoms with Crippen LogP contribution >= 0.6 is 0 Å². The molecule has 3 N–H and O–H groups in total. The largest absolute Gasteiger partial charge is 0.392 e. The van der Waals surface area contributed by atoms with Crippen molar-refractivity contribution in [2.45, 2.75) is 26.5 Å². The first-order chi connectivity index (χ1) is 13.1. The molecule has 3 aromatic carbocycles. The van der Waals surface area contributed by atoms with E-state index in [0.717, 1.165) is 33.8 Å². The van der Waals surface area contributed by atoms with Gasteiger partial charge in [-0.15, -0.1) is 0 Å². The van der Waals surface area contributed by atoms with Crippen LogP contribution in [0.2, 0.25) is 0 Å². The van der Waals surface area contributed by atoms with Gasteiger partial charge in [0.2, 0.25) is 5.91 Å². The second-order valence-corrected chi connectivity index (χ2v) is 6.75. The van der Waals surface area contributed by atoms with Crippen LogP contribution in [0.1, 0.15) is 34.0 Å². The van der Waals surface area contributed by atoms with Crippen molar-refractivity contribution in [3.8, 4) is 0 Å².